The highest BCUT2D eigenvalue weighted by atomic mass is 16.3. The number of hydrogen-bond donors (Lipinski definition) is 2. The number of benzene rings is 1. The van der Waals surface area contributed by atoms with Gasteiger partial charge in [-0.3, -0.25) is 4.79 Å². The molecule has 0 radical (unpaired) electrons. The zero-order chi connectivity index (χ0) is 12.3. The first-order valence-electron chi connectivity index (χ1n) is 5.37. The lowest BCUT2D eigenvalue weighted by molar-refractivity contribution is 0.146. The summed E-state index contributed by atoms with van der Waals surface area (Å²) in [4.78, 5) is 12.0. The third-order valence-electron chi connectivity index (χ3n) is 2.45. The summed E-state index contributed by atoms with van der Waals surface area (Å²) in [5, 5.41) is 20.7. The Hall–Kier alpha value is -1.79. The van der Waals surface area contributed by atoms with Crippen LogP contribution in [0.15, 0.2) is 29.1 Å². The highest BCUT2D eigenvalue weighted by Crippen LogP contribution is 2.03. The van der Waals surface area contributed by atoms with E-state index in [9.17, 15) is 9.90 Å². The molecule has 0 aliphatic heterocycles. The number of likely N-dealkylation sites (N-methyl/N-ethyl adjacent to an activating group) is 1. The zero-order valence-electron chi connectivity index (χ0n) is 9.50. The number of hydrogen-bond acceptors (Lipinski definition) is 5. The average molecular weight is 234 g/mol. The molecule has 1 aromatic carbocycles. The molecule has 0 amide bonds. The lowest BCUT2D eigenvalue weighted by Crippen LogP contribution is -2.34. The first-order valence-corrected chi connectivity index (χ1v) is 5.37. The van der Waals surface area contributed by atoms with Gasteiger partial charge in [-0.05, 0) is 19.2 Å². The van der Waals surface area contributed by atoms with E-state index in [2.05, 4.69) is 15.6 Å². The molecule has 0 bridgehead atoms. The van der Waals surface area contributed by atoms with Crippen LogP contribution in [0.25, 0.3) is 10.9 Å². The third-order valence-corrected chi connectivity index (χ3v) is 2.45. The van der Waals surface area contributed by atoms with Crippen molar-refractivity contribution in [3.8, 4) is 0 Å². The molecule has 90 valence electrons. The summed E-state index contributed by atoms with van der Waals surface area (Å²) in [5.74, 6) is 0. The van der Waals surface area contributed by atoms with Crippen LogP contribution in [0.2, 0.25) is 0 Å². The predicted octanol–water partition coefficient (Wildman–Crippen LogP) is -0.628. The van der Waals surface area contributed by atoms with Gasteiger partial charge in [0, 0.05) is 6.54 Å². The van der Waals surface area contributed by atoms with Crippen molar-refractivity contribution in [2.45, 2.75) is 12.6 Å². The van der Waals surface area contributed by atoms with Gasteiger partial charge >= 0.3 is 0 Å². The van der Waals surface area contributed by atoms with Crippen LogP contribution in [0.4, 0.5) is 0 Å². The maximum absolute atomic E-state index is 12.0. The van der Waals surface area contributed by atoms with Gasteiger partial charge in [-0.2, -0.15) is 0 Å². The fourth-order valence-corrected chi connectivity index (χ4v) is 1.64. The minimum atomic E-state index is -0.659. The molecule has 1 heterocycles. The molecule has 1 atom stereocenters. The van der Waals surface area contributed by atoms with Crippen LogP contribution in [-0.4, -0.2) is 39.8 Å². The molecule has 0 aliphatic carbocycles. The Balaban J connectivity index is 2.36. The molecule has 0 fully saturated rings. The van der Waals surface area contributed by atoms with Crippen LogP contribution in [0.3, 0.4) is 0 Å². The van der Waals surface area contributed by atoms with Gasteiger partial charge in [-0.1, -0.05) is 17.3 Å². The Labute approximate surface area is 97.9 Å². The van der Waals surface area contributed by atoms with Crippen LogP contribution >= 0.6 is 0 Å². The van der Waals surface area contributed by atoms with Crippen LogP contribution in [0, 0.1) is 0 Å². The van der Waals surface area contributed by atoms with E-state index in [-0.39, 0.29) is 12.1 Å². The summed E-state index contributed by atoms with van der Waals surface area (Å²) >= 11 is 0. The molecule has 2 N–H and O–H groups in total. The van der Waals surface area contributed by atoms with Gasteiger partial charge in [0.2, 0.25) is 0 Å². The minimum absolute atomic E-state index is 0.136. The van der Waals surface area contributed by atoms with E-state index in [0.29, 0.717) is 17.4 Å². The Morgan fingerprint density at radius 2 is 2.24 bits per heavy atom. The van der Waals surface area contributed by atoms with Gasteiger partial charge in [0.1, 0.15) is 5.52 Å². The van der Waals surface area contributed by atoms with Crippen LogP contribution < -0.4 is 10.9 Å². The Morgan fingerprint density at radius 3 is 3.00 bits per heavy atom. The van der Waals surface area contributed by atoms with E-state index in [1.54, 1.807) is 31.3 Å². The van der Waals surface area contributed by atoms with E-state index in [4.69, 9.17) is 0 Å². The number of aromatic nitrogens is 3. The summed E-state index contributed by atoms with van der Waals surface area (Å²) in [6, 6.07) is 7.02. The second kappa shape index (κ2) is 5.03. The molecule has 2 aromatic rings. The van der Waals surface area contributed by atoms with Crippen molar-refractivity contribution in [1.82, 2.24) is 20.3 Å². The second-order valence-electron chi connectivity index (χ2n) is 3.81. The third kappa shape index (κ3) is 2.48. The number of rotatable bonds is 4. The summed E-state index contributed by atoms with van der Waals surface area (Å²) < 4.78 is 1.18. The quantitative estimate of drug-likeness (QED) is 0.736. The summed E-state index contributed by atoms with van der Waals surface area (Å²) in [6.07, 6.45) is -0.659. The Bertz CT molecular complexity index is 567. The molecule has 1 aromatic heterocycles. The van der Waals surface area contributed by atoms with E-state index in [0.717, 1.165) is 0 Å². The topological polar surface area (TPSA) is 80.0 Å². The molecule has 17 heavy (non-hydrogen) atoms. The lowest BCUT2D eigenvalue weighted by Gasteiger charge is -2.10. The van der Waals surface area contributed by atoms with E-state index in [1.807, 2.05) is 0 Å². The second-order valence-corrected chi connectivity index (χ2v) is 3.81. The maximum Gasteiger partial charge on any atom is 0.277 e. The van der Waals surface area contributed by atoms with Crippen molar-refractivity contribution < 1.29 is 5.11 Å². The normalized spacial score (nSPS) is 12.8. The molecule has 0 saturated heterocycles. The van der Waals surface area contributed by atoms with Gasteiger partial charge in [0.05, 0.1) is 18.0 Å². The van der Waals surface area contributed by atoms with Crippen LogP contribution in [-0.2, 0) is 6.54 Å². The number of aliphatic hydroxyl groups excluding tert-OH is 1. The number of nitrogens with zero attached hydrogens (tertiary/aromatic N) is 3. The van der Waals surface area contributed by atoms with Gasteiger partial charge in [-0.15, -0.1) is 5.10 Å². The number of fused-ring (bicyclic) bond motifs is 1. The number of nitrogens with one attached hydrogen (secondary N) is 1. The first kappa shape index (κ1) is 11.7. The largest absolute Gasteiger partial charge is 0.390 e. The molecule has 1 unspecified atom stereocenters. The Kier molecular flexibility index (Phi) is 3.46. The standard InChI is InChI=1S/C11H14N4O2/c1-12-6-8(16)7-15-11(17)9-4-2-3-5-10(9)13-14-15/h2-5,8,12,16H,6-7H2,1H3. The SMILES string of the molecule is CNCC(O)Cn1nnc2ccccc2c1=O. The summed E-state index contributed by atoms with van der Waals surface area (Å²) in [7, 11) is 1.73. The molecule has 2 rings (SSSR count). The van der Waals surface area contributed by atoms with Gasteiger partial charge in [-0.25, -0.2) is 4.68 Å². The monoisotopic (exact) mass is 234 g/mol. The molecular formula is C11H14N4O2. The molecule has 0 spiro atoms. The van der Waals surface area contributed by atoms with Crippen molar-refractivity contribution in [3.05, 3.63) is 34.6 Å². The predicted molar refractivity (Wildman–Crippen MR) is 63.7 cm³/mol. The molecule has 6 nitrogen and oxygen atoms in total. The zero-order valence-corrected chi connectivity index (χ0v) is 9.50. The number of aliphatic hydroxyl groups is 1. The first-order chi connectivity index (χ1) is 8.22. The Morgan fingerprint density at radius 1 is 1.47 bits per heavy atom. The van der Waals surface area contributed by atoms with Crippen LogP contribution in [0.5, 0.6) is 0 Å². The van der Waals surface area contributed by atoms with Gasteiger partial charge in [0.25, 0.3) is 5.56 Å². The molecule has 6 heteroatoms. The smallest absolute Gasteiger partial charge is 0.277 e. The molecule has 0 aliphatic rings. The van der Waals surface area contributed by atoms with E-state index < -0.39 is 6.10 Å². The van der Waals surface area contributed by atoms with Crippen molar-refractivity contribution in [3.63, 3.8) is 0 Å². The van der Waals surface area contributed by atoms with Crippen molar-refractivity contribution in [2.75, 3.05) is 13.6 Å². The highest BCUT2D eigenvalue weighted by Gasteiger charge is 2.09. The fourth-order valence-electron chi connectivity index (χ4n) is 1.64. The van der Waals surface area contributed by atoms with E-state index in [1.165, 1.54) is 4.68 Å². The van der Waals surface area contributed by atoms with Crippen molar-refractivity contribution >= 4 is 10.9 Å². The van der Waals surface area contributed by atoms with Crippen molar-refractivity contribution in [2.24, 2.45) is 0 Å². The molecule has 0 saturated carbocycles. The maximum atomic E-state index is 12.0. The highest BCUT2D eigenvalue weighted by molar-refractivity contribution is 5.76. The van der Waals surface area contributed by atoms with Crippen molar-refractivity contribution in [1.29, 1.82) is 0 Å². The molecular weight excluding hydrogens is 220 g/mol. The lowest BCUT2D eigenvalue weighted by atomic mass is 10.2. The van der Waals surface area contributed by atoms with Gasteiger partial charge in [0.15, 0.2) is 0 Å². The summed E-state index contributed by atoms with van der Waals surface area (Å²) in [6.45, 7) is 0.540. The fraction of sp³-hybridized carbons (Fsp3) is 0.364. The average Bonchev–Trinajstić information content (AvgIpc) is 2.33. The van der Waals surface area contributed by atoms with Crippen LogP contribution in [0.1, 0.15) is 0 Å². The summed E-state index contributed by atoms with van der Waals surface area (Å²) in [5.41, 5.74) is 0.336. The van der Waals surface area contributed by atoms with Gasteiger partial charge < -0.3 is 10.4 Å². The van der Waals surface area contributed by atoms with E-state index >= 15 is 0 Å². The minimum Gasteiger partial charge on any atom is -0.390 e.